The zero-order chi connectivity index (χ0) is 28.1. The van der Waals surface area contributed by atoms with Crippen LogP contribution in [-0.4, -0.2) is 87.0 Å². The number of carbonyl (C=O) groups excluding carboxylic acids is 2. The average molecular weight is 544 g/mol. The Morgan fingerprint density at radius 3 is 2.64 bits per heavy atom. The summed E-state index contributed by atoms with van der Waals surface area (Å²) in [6, 6.07) is 1.37. The van der Waals surface area contributed by atoms with Gasteiger partial charge in [0.15, 0.2) is 11.9 Å². The highest BCUT2D eigenvalue weighted by Crippen LogP contribution is 2.33. The zero-order valence-corrected chi connectivity index (χ0v) is 22.6. The molecule has 2 aliphatic carbocycles. The predicted molar refractivity (Wildman–Crippen MR) is 141 cm³/mol. The molecule has 3 atom stereocenters. The molecule has 2 fully saturated rings. The number of aromatic nitrogens is 3. The third kappa shape index (κ3) is 5.55. The first kappa shape index (κ1) is 26.9. The molecule has 13 heteroatoms. The van der Waals surface area contributed by atoms with E-state index >= 15 is 0 Å². The number of nitrogens with one attached hydrogen (secondary N) is 2. The quantitative estimate of drug-likeness (QED) is 0.482. The van der Waals surface area contributed by atoms with Crippen LogP contribution >= 0.6 is 0 Å². The zero-order valence-electron chi connectivity index (χ0n) is 22.6. The minimum atomic E-state index is -1.05. The molecule has 3 N–H and O–H groups in total. The first-order chi connectivity index (χ1) is 18.4. The van der Waals surface area contributed by atoms with Crippen LogP contribution < -0.4 is 15.5 Å². The van der Waals surface area contributed by atoms with Gasteiger partial charge in [-0.15, -0.1) is 0 Å². The summed E-state index contributed by atoms with van der Waals surface area (Å²) in [5, 5.41) is 21.4. The van der Waals surface area contributed by atoms with E-state index < -0.39 is 24.1 Å². The van der Waals surface area contributed by atoms with E-state index in [-0.39, 0.29) is 46.9 Å². The van der Waals surface area contributed by atoms with E-state index in [1.165, 1.54) is 22.7 Å². The van der Waals surface area contributed by atoms with E-state index in [4.69, 9.17) is 9.47 Å². The molecule has 3 heterocycles. The van der Waals surface area contributed by atoms with Crippen LogP contribution in [0.25, 0.3) is 5.65 Å². The van der Waals surface area contributed by atoms with Gasteiger partial charge in [0, 0.05) is 32.5 Å². The Morgan fingerprint density at radius 2 is 2.00 bits per heavy atom. The molecule has 0 aromatic carbocycles. The van der Waals surface area contributed by atoms with Crippen molar-refractivity contribution in [3.05, 3.63) is 41.9 Å². The Labute approximate surface area is 225 Å². The number of halogens is 1. The third-order valence-electron chi connectivity index (χ3n) is 6.90. The van der Waals surface area contributed by atoms with Gasteiger partial charge in [0.1, 0.15) is 29.0 Å². The molecule has 1 aliphatic heterocycles. The van der Waals surface area contributed by atoms with Gasteiger partial charge in [-0.3, -0.25) is 9.69 Å². The van der Waals surface area contributed by atoms with E-state index in [9.17, 15) is 19.1 Å². The molecule has 39 heavy (non-hydrogen) atoms. The molecule has 210 valence electrons. The molecule has 12 nitrogen and oxygen atoms in total. The van der Waals surface area contributed by atoms with Crippen molar-refractivity contribution in [2.45, 2.75) is 76.2 Å². The molecule has 2 aromatic rings. The SMILES string of the molecule is CO[C@@H]1CC1NC(=O)c1cnn2c(N(C)C(=O)OC(C)(C)C)cc(NC3=CC=CN(C4CC(F)C4)C3O)nc12. The summed E-state index contributed by atoms with van der Waals surface area (Å²) in [7, 11) is 3.13. The van der Waals surface area contributed by atoms with E-state index in [1.807, 2.05) is 0 Å². The Hall–Kier alpha value is -3.71. The molecule has 5 rings (SSSR count). The first-order valence-electron chi connectivity index (χ1n) is 12.9. The summed E-state index contributed by atoms with van der Waals surface area (Å²) in [5.74, 6) is 0.178. The van der Waals surface area contributed by atoms with E-state index in [1.54, 1.807) is 57.2 Å². The molecule has 2 aromatic heterocycles. The van der Waals surface area contributed by atoms with Crippen LogP contribution in [0, 0.1) is 0 Å². The van der Waals surface area contributed by atoms with Crippen molar-refractivity contribution < 1.29 is 28.6 Å². The lowest BCUT2D eigenvalue weighted by Crippen LogP contribution is -2.49. The standard InChI is InChI=1S/C26H34FN7O5/c1-26(2,3)39-25(37)32(4)21-12-20(29-17-7-6-8-33(24(17)36)15-9-14(27)10-15)31-22-16(13-28-34(21)22)23(35)30-18-11-19(18)38-5/h6-8,12-15,18-19,24,36H,9-11H2,1-5H3,(H,29,31)(H,30,35)/t14?,15?,18?,19-,24?/m1/s1. The van der Waals surface area contributed by atoms with E-state index in [2.05, 4.69) is 20.7 Å². The Morgan fingerprint density at radius 1 is 1.26 bits per heavy atom. The van der Waals surface area contributed by atoms with Crippen LogP contribution in [0.4, 0.5) is 20.8 Å². The second kappa shape index (κ2) is 10.1. The highest BCUT2D eigenvalue weighted by Gasteiger charge is 2.40. The summed E-state index contributed by atoms with van der Waals surface area (Å²) >= 11 is 0. The number of methoxy groups -OCH3 is 1. The highest BCUT2D eigenvalue weighted by atomic mass is 19.1. The van der Waals surface area contributed by atoms with Crippen LogP contribution in [0.5, 0.6) is 0 Å². The lowest BCUT2D eigenvalue weighted by molar-refractivity contribution is -0.0147. The van der Waals surface area contributed by atoms with Crippen molar-refractivity contribution in [3.8, 4) is 0 Å². The van der Waals surface area contributed by atoms with Gasteiger partial charge in [0.2, 0.25) is 0 Å². The van der Waals surface area contributed by atoms with Crippen molar-refractivity contribution in [2.75, 3.05) is 24.4 Å². The number of hydrogen-bond donors (Lipinski definition) is 3. The molecule has 2 saturated carbocycles. The highest BCUT2D eigenvalue weighted by molar-refractivity contribution is 6.00. The number of ether oxygens (including phenoxy) is 2. The van der Waals surface area contributed by atoms with Gasteiger partial charge in [0.05, 0.1) is 24.0 Å². The molecule has 0 spiro atoms. The normalized spacial score (nSPS) is 26.1. The first-order valence-corrected chi connectivity index (χ1v) is 12.9. The summed E-state index contributed by atoms with van der Waals surface area (Å²) in [6.45, 7) is 5.29. The summed E-state index contributed by atoms with van der Waals surface area (Å²) in [4.78, 5) is 33.6. The number of fused-ring (bicyclic) bond motifs is 1. The molecular formula is C26H34FN7O5. The summed E-state index contributed by atoms with van der Waals surface area (Å²) in [5.41, 5.74) is 0.0921. The fraction of sp³-hybridized carbons (Fsp3) is 0.538. The predicted octanol–water partition coefficient (Wildman–Crippen LogP) is 2.56. The monoisotopic (exact) mass is 543 g/mol. The Kier molecular flexibility index (Phi) is 6.97. The number of aliphatic hydroxyl groups is 1. The number of anilines is 2. The van der Waals surface area contributed by atoms with Crippen molar-refractivity contribution in [3.63, 3.8) is 0 Å². The smallest absolute Gasteiger partial charge is 0.415 e. The van der Waals surface area contributed by atoms with Crippen LogP contribution in [-0.2, 0) is 9.47 Å². The van der Waals surface area contributed by atoms with Gasteiger partial charge in [-0.1, -0.05) is 0 Å². The number of rotatable bonds is 7. The van der Waals surface area contributed by atoms with Crippen molar-refractivity contribution in [1.29, 1.82) is 0 Å². The Bertz CT molecular complexity index is 1330. The van der Waals surface area contributed by atoms with Gasteiger partial charge in [-0.2, -0.15) is 9.61 Å². The maximum atomic E-state index is 13.5. The minimum Gasteiger partial charge on any atom is -0.443 e. The third-order valence-corrected chi connectivity index (χ3v) is 6.90. The molecular weight excluding hydrogens is 509 g/mol. The minimum absolute atomic E-state index is 0.0334. The fourth-order valence-electron chi connectivity index (χ4n) is 4.58. The van der Waals surface area contributed by atoms with Gasteiger partial charge in [-0.25, -0.2) is 14.2 Å². The number of hydrogen-bond acceptors (Lipinski definition) is 9. The van der Waals surface area contributed by atoms with Crippen LogP contribution in [0.15, 0.2) is 36.3 Å². The van der Waals surface area contributed by atoms with Gasteiger partial charge < -0.3 is 30.1 Å². The average Bonchev–Trinajstić information content (AvgIpc) is 3.46. The number of carbonyl (C=O) groups is 2. The largest absolute Gasteiger partial charge is 0.443 e. The number of nitrogens with zero attached hydrogens (tertiary/aromatic N) is 5. The lowest BCUT2D eigenvalue weighted by atomic mass is 9.88. The number of aliphatic hydroxyl groups excluding tert-OH is 1. The van der Waals surface area contributed by atoms with Crippen LogP contribution in [0.1, 0.15) is 50.4 Å². The molecule has 2 amide bonds. The molecule has 2 unspecified atom stereocenters. The summed E-state index contributed by atoms with van der Waals surface area (Å²) in [6.07, 6.45) is 5.41. The van der Waals surface area contributed by atoms with Crippen molar-refractivity contribution in [1.82, 2.24) is 24.8 Å². The summed E-state index contributed by atoms with van der Waals surface area (Å²) < 4.78 is 25.7. The molecule has 0 saturated heterocycles. The van der Waals surface area contributed by atoms with Crippen molar-refractivity contribution in [2.24, 2.45) is 0 Å². The van der Waals surface area contributed by atoms with Crippen LogP contribution in [0.3, 0.4) is 0 Å². The second-order valence-corrected chi connectivity index (χ2v) is 11.1. The lowest BCUT2D eigenvalue weighted by Gasteiger charge is -2.43. The maximum absolute atomic E-state index is 13.5. The maximum Gasteiger partial charge on any atom is 0.415 e. The Balaban J connectivity index is 1.47. The number of amides is 2. The fourth-order valence-corrected chi connectivity index (χ4v) is 4.58. The van der Waals surface area contributed by atoms with Crippen molar-refractivity contribution >= 4 is 29.3 Å². The molecule has 0 bridgehead atoms. The van der Waals surface area contributed by atoms with Crippen LogP contribution in [0.2, 0.25) is 0 Å². The van der Waals surface area contributed by atoms with Gasteiger partial charge in [0.25, 0.3) is 5.91 Å². The second-order valence-electron chi connectivity index (χ2n) is 11.1. The molecule has 0 radical (unpaired) electrons. The van der Waals surface area contributed by atoms with E-state index in [0.717, 1.165) is 0 Å². The topological polar surface area (TPSA) is 134 Å². The molecule has 3 aliphatic rings. The van der Waals surface area contributed by atoms with Gasteiger partial charge >= 0.3 is 6.09 Å². The van der Waals surface area contributed by atoms with Gasteiger partial charge in [-0.05, 0) is 52.2 Å². The number of allylic oxidation sites excluding steroid dienone is 2. The van der Waals surface area contributed by atoms with E-state index in [0.29, 0.717) is 25.0 Å². The number of alkyl halides is 1.